The van der Waals surface area contributed by atoms with Crippen LogP contribution in [0.15, 0.2) is 0 Å². The molecule has 1 amide bonds. The van der Waals surface area contributed by atoms with Crippen LogP contribution in [0.25, 0.3) is 0 Å². The van der Waals surface area contributed by atoms with E-state index in [4.69, 9.17) is 9.47 Å². The van der Waals surface area contributed by atoms with Crippen molar-refractivity contribution in [3.8, 4) is 0 Å². The number of ether oxygens (including phenoxy) is 2. The molecule has 104 valence electrons. The maximum Gasteiger partial charge on any atom is 0.410 e. The highest BCUT2D eigenvalue weighted by Gasteiger charge is 2.46. The lowest BCUT2D eigenvalue weighted by Crippen LogP contribution is -2.48. The normalized spacial score (nSPS) is 27.6. The van der Waals surface area contributed by atoms with Gasteiger partial charge in [-0.05, 0) is 33.6 Å². The molecule has 1 spiro atoms. The Bertz CT molecular complexity index is 315. The predicted molar refractivity (Wildman–Crippen MR) is 66.3 cm³/mol. The van der Waals surface area contributed by atoms with E-state index in [1.54, 1.807) is 4.90 Å². The number of rotatable bonds is 0. The van der Waals surface area contributed by atoms with Crippen LogP contribution in [0.3, 0.4) is 0 Å². The van der Waals surface area contributed by atoms with Gasteiger partial charge in [0, 0.05) is 18.5 Å². The van der Waals surface area contributed by atoms with E-state index in [0.29, 0.717) is 26.3 Å². The summed E-state index contributed by atoms with van der Waals surface area (Å²) in [6, 6.07) is 0. The van der Waals surface area contributed by atoms with E-state index in [-0.39, 0.29) is 11.5 Å². The number of piperidine rings is 1. The maximum atomic E-state index is 11.9. The molecule has 0 saturated carbocycles. The molecule has 2 saturated heterocycles. The number of aliphatic hydroxyl groups excluding tert-OH is 1. The second kappa shape index (κ2) is 4.70. The molecule has 0 aliphatic carbocycles. The van der Waals surface area contributed by atoms with Crippen LogP contribution in [0.1, 0.15) is 33.6 Å². The molecule has 2 heterocycles. The molecule has 0 unspecified atom stereocenters. The first-order chi connectivity index (χ1) is 8.32. The molecular formula is C13H23NO4. The lowest BCUT2D eigenvalue weighted by molar-refractivity contribution is -0.0119. The van der Waals surface area contributed by atoms with E-state index in [2.05, 4.69) is 0 Å². The molecule has 1 N–H and O–H groups in total. The SMILES string of the molecule is CC(C)(C)OC(=O)N1CCC2(CC1)COC[C@H]2O. The van der Waals surface area contributed by atoms with Crippen LogP contribution < -0.4 is 0 Å². The molecule has 5 heteroatoms. The van der Waals surface area contributed by atoms with Crippen molar-refractivity contribution in [3.05, 3.63) is 0 Å². The zero-order chi connectivity index (χ0) is 13.4. The first-order valence-electron chi connectivity index (χ1n) is 6.56. The van der Waals surface area contributed by atoms with Crippen LogP contribution in [0.2, 0.25) is 0 Å². The van der Waals surface area contributed by atoms with Gasteiger partial charge in [0.15, 0.2) is 0 Å². The fourth-order valence-corrected chi connectivity index (χ4v) is 2.59. The number of amides is 1. The van der Waals surface area contributed by atoms with Gasteiger partial charge in [-0.15, -0.1) is 0 Å². The molecular weight excluding hydrogens is 234 g/mol. The van der Waals surface area contributed by atoms with Crippen LogP contribution in [0, 0.1) is 5.41 Å². The summed E-state index contributed by atoms with van der Waals surface area (Å²) in [6.07, 6.45) is 0.921. The summed E-state index contributed by atoms with van der Waals surface area (Å²) in [5.41, 5.74) is -0.597. The van der Waals surface area contributed by atoms with Gasteiger partial charge in [-0.1, -0.05) is 0 Å². The molecule has 0 aromatic carbocycles. The van der Waals surface area contributed by atoms with Gasteiger partial charge in [-0.25, -0.2) is 4.79 Å². The Morgan fingerprint density at radius 2 is 2.00 bits per heavy atom. The zero-order valence-electron chi connectivity index (χ0n) is 11.4. The summed E-state index contributed by atoms with van der Waals surface area (Å²) < 4.78 is 10.7. The number of hydrogen-bond acceptors (Lipinski definition) is 4. The van der Waals surface area contributed by atoms with Gasteiger partial charge < -0.3 is 19.5 Å². The lowest BCUT2D eigenvalue weighted by Gasteiger charge is -2.40. The molecule has 2 aliphatic rings. The molecule has 0 bridgehead atoms. The fraction of sp³-hybridized carbons (Fsp3) is 0.923. The quantitative estimate of drug-likeness (QED) is 0.712. The van der Waals surface area contributed by atoms with Crippen molar-refractivity contribution in [2.45, 2.75) is 45.3 Å². The van der Waals surface area contributed by atoms with E-state index < -0.39 is 11.7 Å². The number of hydrogen-bond donors (Lipinski definition) is 1. The predicted octanol–water partition coefficient (Wildman–Crippen LogP) is 1.39. The minimum Gasteiger partial charge on any atom is -0.444 e. The van der Waals surface area contributed by atoms with Crippen molar-refractivity contribution < 1.29 is 19.4 Å². The highest BCUT2D eigenvalue weighted by molar-refractivity contribution is 5.68. The Hall–Kier alpha value is -0.810. The molecule has 1 atom stereocenters. The van der Waals surface area contributed by atoms with Crippen LogP contribution in [0.5, 0.6) is 0 Å². The third-order valence-electron chi connectivity index (χ3n) is 3.78. The first kappa shape index (κ1) is 13.6. The number of carbonyl (C=O) groups is 1. The third kappa shape index (κ3) is 2.78. The topological polar surface area (TPSA) is 59.0 Å². The minimum atomic E-state index is -0.456. The Labute approximate surface area is 108 Å². The van der Waals surface area contributed by atoms with Crippen LogP contribution in [0.4, 0.5) is 4.79 Å². The second-order valence-corrected chi connectivity index (χ2v) is 6.36. The summed E-state index contributed by atoms with van der Waals surface area (Å²) in [4.78, 5) is 13.6. The average molecular weight is 257 g/mol. The standard InChI is InChI=1S/C13H23NO4/c1-12(2,3)18-11(16)14-6-4-13(5-7-14)9-17-8-10(13)15/h10,15H,4-9H2,1-3H3/t10-/m1/s1. The van der Waals surface area contributed by atoms with Gasteiger partial charge in [-0.2, -0.15) is 0 Å². The molecule has 18 heavy (non-hydrogen) atoms. The van der Waals surface area contributed by atoms with Crippen molar-refractivity contribution in [3.63, 3.8) is 0 Å². The monoisotopic (exact) mass is 257 g/mol. The fourth-order valence-electron chi connectivity index (χ4n) is 2.59. The van der Waals surface area contributed by atoms with Gasteiger partial charge >= 0.3 is 6.09 Å². The maximum absolute atomic E-state index is 11.9. The summed E-state index contributed by atoms with van der Waals surface area (Å²) in [6.45, 7) is 7.90. The number of nitrogens with zero attached hydrogens (tertiary/aromatic N) is 1. The largest absolute Gasteiger partial charge is 0.444 e. The van der Waals surface area contributed by atoms with Crippen molar-refractivity contribution in [2.75, 3.05) is 26.3 Å². The van der Waals surface area contributed by atoms with Gasteiger partial charge in [0.2, 0.25) is 0 Å². The van der Waals surface area contributed by atoms with Crippen LogP contribution >= 0.6 is 0 Å². The Morgan fingerprint density at radius 1 is 1.39 bits per heavy atom. The average Bonchev–Trinajstić information content (AvgIpc) is 2.59. The Morgan fingerprint density at radius 3 is 2.44 bits per heavy atom. The smallest absolute Gasteiger partial charge is 0.410 e. The van der Waals surface area contributed by atoms with Crippen molar-refractivity contribution in [1.82, 2.24) is 4.90 Å². The number of likely N-dealkylation sites (tertiary alicyclic amines) is 1. The van der Waals surface area contributed by atoms with Gasteiger partial charge in [0.25, 0.3) is 0 Å². The summed E-state index contributed by atoms with van der Waals surface area (Å²) in [5.74, 6) is 0. The number of carbonyl (C=O) groups excluding carboxylic acids is 1. The molecule has 2 aliphatic heterocycles. The summed E-state index contributed by atoms with van der Waals surface area (Å²) in [7, 11) is 0. The zero-order valence-corrected chi connectivity index (χ0v) is 11.4. The second-order valence-electron chi connectivity index (χ2n) is 6.36. The highest BCUT2D eigenvalue weighted by Crippen LogP contribution is 2.39. The van der Waals surface area contributed by atoms with Gasteiger partial charge in [-0.3, -0.25) is 0 Å². The summed E-state index contributed by atoms with van der Waals surface area (Å²) >= 11 is 0. The Kier molecular flexibility index (Phi) is 3.56. The van der Waals surface area contributed by atoms with Crippen molar-refractivity contribution >= 4 is 6.09 Å². The molecule has 0 aromatic rings. The third-order valence-corrected chi connectivity index (χ3v) is 3.78. The molecule has 0 aromatic heterocycles. The van der Waals surface area contributed by atoms with E-state index in [9.17, 15) is 9.90 Å². The number of aliphatic hydroxyl groups is 1. The van der Waals surface area contributed by atoms with Gasteiger partial charge in [0.05, 0.1) is 19.3 Å². The molecule has 2 rings (SSSR count). The van der Waals surface area contributed by atoms with E-state index in [1.807, 2.05) is 20.8 Å². The van der Waals surface area contributed by atoms with E-state index >= 15 is 0 Å². The van der Waals surface area contributed by atoms with Crippen molar-refractivity contribution in [1.29, 1.82) is 0 Å². The van der Waals surface area contributed by atoms with E-state index in [1.165, 1.54) is 0 Å². The summed E-state index contributed by atoms with van der Waals surface area (Å²) in [5, 5.41) is 9.96. The van der Waals surface area contributed by atoms with Crippen LogP contribution in [-0.2, 0) is 9.47 Å². The van der Waals surface area contributed by atoms with Crippen LogP contribution in [-0.4, -0.2) is 54.1 Å². The highest BCUT2D eigenvalue weighted by atomic mass is 16.6. The first-order valence-corrected chi connectivity index (χ1v) is 6.56. The van der Waals surface area contributed by atoms with Gasteiger partial charge in [0.1, 0.15) is 5.60 Å². The minimum absolute atomic E-state index is 0.140. The molecule has 0 radical (unpaired) electrons. The molecule has 2 fully saturated rings. The Balaban J connectivity index is 1.89. The molecule has 5 nitrogen and oxygen atoms in total. The lowest BCUT2D eigenvalue weighted by atomic mass is 9.76. The van der Waals surface area contributed by atoms with E-state index in [0.717, 1.165) is 12.8 Å². The van der Waals surface area contributed by atoms with Crippen molar-refractivity contribution in [2.24, 2.45) is 5.41 Å².